The van der Waals surface area contributed by atoms with Crippen molar-refractivity contribution in [3.8, 4) is 5.69 Å². The highest BCUT2D eigenvalue weighted by molar-refractivity contribution is 5.24. The molecule has 4 heteroatoms. The van der Waals surface area contributed by atoms with Crippen LogP contribution in [-0.2, 0) is 0 Å². The normalized spacial score (nSPS) is 9.67. The van der Waals surface area contributed by atoms with Crippen LogP contribution in [0.15, 0.2) is 42.7 Å². The van der Waals surface area contributed by atoms with Crippen molar-refractivity contribution in [3.63, 3.8) is 0 Å². The van der Waals surface area contributed by atoms with Gasteiger partial charge in [0.25, 0.3) is 0 Å². The summed E-state index contributed by atoms with van der Waals surface area (Å²) in [4.78, 5) is 0. The molecule has 2 rings (SSSR count). The molecule has 0 amide bonds. The van der Waals surface area contributed by atoms with Crippen LogP contribution < -0.4 is 0 Å². The zero-order chi connectivity index (χ0) is 8.23. The van der Waals surface area contributed by atoms with Crippen molar-refractivity contribution in [3.05, 3.63) is 42.7 Å². The smallest absolute Gasteiger partial charge is 0.0841 e. The fourth-order valence-corrected chi connectivity index (χ4v) is 0.943. The molecule has 60 valence electrons. The van der Waals surface area contributed by atoms with Crippen molar-refractivity contribution in [2.24, 2.45) is 0 Å². The summed E-state index contributed by atoms with van der Waals surface area (Å²) in [7, 11) is 0. The van der Waals surface area contributed by atoms with Crippen LogP contribution in [0.3, 0.4) is 0 Å². The van der Waals surface area contributed by atoms with E-state index in [1.807, 2.05) is 36.5 Å². The van der Waals surface area contributed by atoms with Crippen LogP contribution in [0.25, 0.3) is 5.69 Å². The Morgan fingerprint density at radius 2 is 2.08 bits per heavy atom. The molecule has 0 saturated carbocycles. The molecule has 0 aromatic rings. The second-order valence-electron chi connectivity index (χ2n) is 2.32. The first-order valence-electron chi connectivity index (χ1n) is 3.63. The number of rotatable bonds is 0. The molecule has 0 aromatic carbocycles. The van der Waals surface area contributed by atoms with Crippen LogP contribution in [0, 0.1) is 0 Å². The Morgan fingerprint density at radius 1 is 1.17 bits per heavy atom. The lowest BCUT2D eigenvalue weighted by atomic mass is 10.4. The average molecular weight is 160 g/mol. The Bertz CT molecular complexity index is 337. The monoisotopic (exact) mass is 160 g/mol. The largest absolute Gasteiger partial charge is 0.245 e. The molecule has 12 heavy (non-hydrogen) atoms. The molecule has 0 bridgehead atoms. The Kier molecular flexibility index (Phi) is 1.74. The molecule has 0 unspecified atom stereocenters. The van der Waals surface area contributed by atoms with Crippen molar-refractivity contribution in [2.45, 2.75) is 0 Å². The quantitative estimate of drug-likeness (QED) is 0.628. The Labute approximate surface area is 69.5 Å². The van der Waals surface area contributed by atoms with E-state index in [0.717, 1.165) is 5.69 Å². The van der Waals surface area contributed by atoms with Gasteiger partial charge in [0.15, 0.2) is 0 Å². The third kappa shape index (κ3) is 1.27. The summed E-state index contributed by atoms with van der Waals surface area (Å²) in [6.45, 7) is 0. The van der Waals surface area contributed by atoms with Crippen molar-refractivity contribution in [2.75, 3.05) is 0 Å². The zero-order valence-corrected chi connectivity index (χ0v) is 6.38. The van der Waals surface area contributed by atoms with Gasteiger partial charge in [0.2, 0.25) is 0 Å². The summed E-state index contributed by atoms with van der Waals surface area (Å²) < 4.78 is 1.78. The van der Waals surface area contributed by atoms with Crippen LogP contribution >= 0.6 is 0 Å². The van der Waals surface area contributed by atoms with E-state index in [9.17, 15) is 0 Å². The number of aromatic nitrogens is 4. The van der Waals surface area contributed by atoms with Gasteiger partial charge in [-0.25, -0.2) is 4.68 Å². The lowest BCUT2D eigenvalue weighted by Crippen LogP contribution is -2.03. The predicted molar refractivity (Wildman–Crippen MR) is 44.5 cm³/mol. The van der Waals surface area contributed by atoms with Gasteiger partial charge in [-0.05, 0) is 12.1 Å². The molecule has 0 aliphatic carbocycles. The second-order valence-corrected chi connectivity index (χ2v) is 2.32. The number of nitrogens with one attached hydrogen (secondary N) is 1. The lowest BCUT2D eigenvalue weighted by Gasteiger charge is -2.02. The topological polar surface area (TPSA) is 46.5 Å². The maximum Gasteiger partial charge on any atom is 0.0841 e. The first-order valence-corrected chi connectivity index (χ1v) is 3.63. The molecule has 0 radical (unpaired) electrons. The number of hydrogen-bond donors (Lipinski definition) is 1. The van der Waals surface area contributed by atoms with Gasteiger partial charge in [0, 0.05) is 6.20 Å². The number of fused-ring (bicyclic) bond motifs is 1. The summed E-state index contributed by atoms with van der Waals surface area (Å²) in [6.07, 6.45) is 3.57. The molecule has 0 spiro atoms. The van der Waals surface area contributed by atoms with Crippen LogP contribution in [0.2, 0.25) is 0 Å². The Morgan fingerprint density at radius 3 is 3.08 bits per heavy atom. The molecule has 0 atom stereocenters. The first-order chi connectivity index (χ1) is 5.97. The standard InChI is InChI=1S/C8H8N4/c1-2-4-6-12-8(5-3-1)7-9-10-11-12/h1-7H,(H,9,11). The fourth-order valence-electron chi connectivity index (χ4n) is 0.943. The average Bonchev–Trinajstić information content (AvgIpc) is 2.06. The maximum absolute atomic E-state index is 3.73. The van der Waals surface area contributed by atoms with Crippen molar-refractivity contribution in [1.29, 1.82) is 0 Å². The number of aromatic amines is 1. The molecular formula is C8H8N4. The summed E-state index contributed by atoms with van der Waals surface area (Å²) in [6, 6.07) is 9.72. The minimum absolute atomic E-state index is 0.964. The van der Waals surface area contributed by atoms with Gasteiger partial charge in [-0.3, -0.25) is 0 Å². The van der Waals surface area contributed by atoms with E-state index in [-0.39, 0.29) is 0 Å². The first kappa shape index (κ1) is 6.84. The van der Waals surface area contributed by atoms with E-state index < -0.39 is 0 Å². The highest BCUT2D eigenvalue weighted by Gasteiger charge is 1.90. The van der Waals surface area contributed by atoms with E-state index in [4.69, 9.17) is 0 Å². The third-order valence-corrected chi connectivity index (χ3v) is 1.51. The lowest BCUT2D eigenvalue weighted by molar-refractivity contribution is 0.674. The minimum Gasteiger partial charge on any atom is -0.245 e. The Hall–Kier alpha value is -1.84. The number of nitrogens with zero attached hydrogens (tertiary/aromatic N) is 3. The zero-order valence-electron chi connectivity index (χ0n) is 6.38. The molecule has 0 fully saturated rings. The SMILES string of the molecule is c1cccn2[nH]nncc-2cc1. The molecule has 2 aliphatic rings. The molecule has 4 nitrogen and oxygen atoms in total. The van der Waals surface area contributed by atoms with E-state index in [1.165, 1.54) is 0 Å². The maximum atomic E-state index is 3.73. The molecule has 2 heterocycles. The van der Waals surface area contributed by atoms with Crippen molar-refractivity contribution >= 4 is 0 Å². The van der Waals surface area contributed by atoms with Gasteiger partial charge < -0.3 is 0 Å². The minimum atomic E-state index is 0.964. The van der Waals surface area contributed by atoms with E-state index in [1.54, 1.807) is 10.9 Å². The number of hydrogen-bond acceptors (Lipinski definition) is 2. The van der Waals surface area contributed by atoms with Crippen LogP contribution in [-0.4, -0.2) is 20.2 Å². The molecule has 2 aliphatic heterocycles. The van der Waals surface area contributed by atoms with Gasteiger partial charge in [-0.15, -0.1) is 5.10 Å². The van der Waals surface area contributed by atoms with E-state index in [0.29, 0.717) is 0 Å². The van der Waals surface area contributed by atoms with Crippen LogP contribution in [0.5, 0.6) is 0 Å². The van der Waals surface area contributed by atoms with Gasteiger partial charge in [0.05, 0.1) is 11.9 Å². The van der Waals surface area contributed by atoms with E-state index >= 15 is 0 Å². The van der Waals surface area contributed by atoms with Crippen LogP contribution in [0.4, 0.5) is 0 Å². The third-order valence-electron chi connectivity index (χ3n) is 1.51. The Balaban J connectivity index is 2.71. The van der Waals surface area contributed by atoms with Gasteiger partial charge in [-0.2, -0.15) is 5.21 Å². The van der Waals surface area contributed by atoms with Crippen LogP contribution in [0.1, 0.15) is 0 Å². The van der Waals surface area contributed by atoms with Crippen molar-refractivity contribution in [1.82, 2.24) is 20.2 Å². The van der Waals surface area contributed by atoms with E-state index in [2.05, 4.69) is 15.5 Å². The highest BCUT2D eigenvalue weighted by Crippen LogP contribution is 1.99. The summed E-state index contributed by atoms with van der Waals surface area (Å²) in [5.74, 6) is 0. The number of H-pyrrole nitrogens is 1. The van der Waals surface area contributed by atoms with Crippen molar-refractivity contribution < 1.29 is 0 Å². The van der Waals surface area contributed by atoms with Gasteiger partial charge >= 0.3 is 0 Å². The van der Waals surface area contributed by atoms with Gasteiger partial charge in [-0.1, -0.05) is 23.4 Å². The summed E-state index contributed by atoms with van der Waals surface area (Å²) >= 11 is 0. The molecule has 0 aromatic heterocycles. The fraction of sp³-hybridized carbons (Fsp3) is 0. The molecule has 1 N–H and O–H groups in total. The predicted octanol–water partition coefficient (Wildman–Crippen LogP) is 1.16. The summed E-state index contributed by atoms with van der Waals surface area (Å²) in [5.41, 5.74) is 0.964. The summed E-state index contributed by atoms with van der Waals surface area (Å²) in [5, 5.41) is 10.1. The highest BCUT2D eigenvalue weighted by atomic mass is 15.5. The molecular weight excluding hydrogens is 152 g/mol. The molecule has 0 saturated heterocycles. The second kappa shape index (κ2) is 3.04. The van der Waals surface area contributed by atoms with Gasteiger partial charge in [0.1, 0.15) is 0 Å².